The van der Waals surface area contributed by atoms with Gasteiger partial charge in [-0.1, -0.05) is 0 Å². The van der Waals surface area contributed by atoms with E-state index in [0.717, 1.165) is 17.3 Å². The van der Waals surface area contributed by atoms with Crippen molar-refractivity contribution in [2.45, 2.75) is 19.9 Å². The third-order valence-corrected chi connectivity index (χ3v) is 3.75. The molecule has 3 aromatic rings. The molecule has 3 aromatic heterocycles. The van der Waals surface area contributed by atoms with Crippen LogP contribution in [0.15, 0.2) is 30.3 Å². The molecular weight excluding hydrogens is 246 g/mol. The fraction of sp³-hybridized carbons (Fsp3) is 0.250. The van der Waals surface area contributed by atoms with Crippen LogP contribution in [0.25, 0.3) is 11.6 Å². The maximum atomic E-state index is 4.43. The summed E-state index contributed by atoms with van der Waals surface area (Å²) in [6, 6.07) is 0.152. The second kappa shape index (κ2) is 4.38. The van der Waals surface area contributed by atoms with Gasteiger partial charge in [0.1, 0.15) is 0 Å². The minimum absolute atomic E-state index is 0.152. The minimum Gasteiger partial charge on any atom is -0.342 e. The van der Waals surface area contributed by atoms with Gasteiger partial charge in [0.2, 0.25) is 0 Å². The van der Waals surface area contributed by atoms with Crippen molar-refractivity contribution in [3.63, 3.8) is 0 Å². The van der Waals surface area contributed by atoms with Crippen molar-refractivity contribution < 1.29 is 0 Å². The van der Waals surface area contributed by atoms with Gasteiger partial charge in [-0.2, -0.15) is 0 Å². The van der Waals surface area contributed by atoms with Crippen molar-refractivity contribution >= 4 is 11.3 Å². The Kier molecular flexibility index (Phi) is 2.71. The van der Waals surface area contributed by atoms with Crippen LogP contribution in [0.4, 0.5) is 0 Å². The highest BCUT2D eigenvalue weighted by molar-refractivity contribution is 7.09. The standard InChI is InChI=1S/C12H13N5S/c1-8(10-9(2)18-7-16-10)17-6-5-15-12(17)11-13-3-4-14-11/h3-8H,1-2H3,(H,13,14). The zero-order valence-electron chi connectivity index (χ0n) is 10.2. The van der Waals surface area contributed by atoms with Gasteiger partial charge in [-0.3, -0.25) is 0 Å². The summed E-state index contributed by atoms with van der Waals surface area (Å²) in [6.07, 6.45) is 7.28. The Hall–Kier alpha value is -1.95. The molecule has 0 radical (unpaired) electrons. The first-order valence-electron chi connectivity index (χ1n) is 5.70. The van der Waals surface area contributed by atoms with Crippen LogP contribution in [0.1, 0.15) is 23.5 Å². The number of thiazole rings is 1. The Bertz CT molecular complexity index is 637. The molecule has 1 atom stereocenters. The first-order chi connectivity index (χ1) is 8.77. The zero-order valence-corrected chi connectivity index (χ0v) is 11.0. The van der Waals surface area contributed by atoms with Gasteiger partial charge in [0.25, 0.3) is 0 Å². The van der Waals surface area contributed by atoms with Crippen molar-refractivity contribution in [1.82, 2.24) is 24.5 Å². The third-order valence-electron chi connectivity index (χ3n) is 2.97. The van der Waals surface area contributed by atoms with Crippen LogP contribution in [0.2, 0.25) is 0 Å². The van der Waals surface area contributed by atoms with Crippen LogP contribution in [0.5, 0.6) is 0 Å². The summed E-state index contributed by atoms with van der Waals surface area (Å²) in [6.45, 7) is 4.21. The van der Waals surface area contributed by atoms with E-state index in [-0.39, 0.29) is 6.04 Å². The normalized spacial score (nSPS) is 12.8. The van der Waals surface area contributed by atoms with E-state index in [1.165, 1.54) is 4.88 Å². The Labute approximate surface area is 109 Å². The van der Waals surface area contributed by atoms with Crippen LogP contribution in [-0.2, 0) is 0 Å². The van der Waals surface area contributed by atoms with E-state index in [4.69, 9.17) is 0 Å². The maximum absolute atomic E-state index is 4.43. The fourth-order valence-corrected chi connectivity index (χ4v) is 2.71. The molecule has 0 saturated heterocycles. The van der Waals surface area contributed by atoms with Gasteiger partial charge in [0.05, 0.1) is 17.2 Å². The molecular formula is C12H13N5S. The van der Waals surface area contributed by atoms with Crippen molar-refractivity contribution in [2.24, 2.45) is 0 Å². The number of hydrogen-bond acceptors (Lipinski definition) is 4. The topological polar surface area (TPSA) is 59.4 Å². The first kappa shape index (κ1) is 11.2. The molecule has 18 heavy (non-hydrogen) atoms. The summed E-state index contributed by atoms with van der Waals surface area (Å²) in [7, 11) is 0. The number of nitrogens with zero attached hydrogens (tertiary/aromatic N) is 4. The van der Waals surface area contributed by atoms with Gasteiger partial charge in [-0.25, -0.2) is 15.0 Å². The van der Waals surface area contributed by atoms with Crippen molar-refractivity contribution in [3.05, 3.63) is 40.9 Å². The minimum atomic E-state index is 0.152. The van der Waals surface area contributed by atoms with Crippen LogP contribution in [0, 0.1) is 6.92 Å². The summed E-state index contributed by atoms with van der Waals surface area (Å²) < 4.78 is 2.08. The van der Waals surface area contributed by atoms with E-state index in [9.17, 15) is 0 Å². The maximum Gasteiger partial charge on any atom is 0.176 e. The lowest BCUT2D eigenvalue weighted by atomic mass is 10.2. The highest BCUT2D eigenvalue weighted by Crippen LogP contribution is 2.26. The molecule has 0 saturated carbocycles. The SMILES string of the molecule is Cc1scnc1C(C)n1ccnc1-c1ncc[nH]1. The van der Waals surface area contributed by atoms with Crippen LogP contribution in [0.3, 0.4) is 0 Å². The quantitative estimate of drug-likeness (QED) is 0.786. The number of rotatable bonds is 3. The van der Waals surface area contributed by atoms with E-state index in [0.29, 0.717) is 0 Å². The molecule has 3 heterocycles. The summed E-state index contributed by atoms with van der Waals surface area (Å²) in [5.74, 6) is 1.61. The highest BCUT2D eigenvalue weighted by Gasteiger charge is 2.17. The van der Waals surface area contributed by atoms with Gasteiger partial charge in [-0.15, -0.1) is 11.3 Å². The third kappa shape index (κ3) is 1.74. The number of imidazole rings is 2. The van der Waals surface area contributed by atoms with Gasteiger partial charge >= 0.3 is 0 Å². The average molecular weight is 259 g/mol. The summed E-state index contributed by atoms with van der Waals surface area (Å²) in [5, 5.41) is 0. The van der Waals surface area contributed by atoms with E-state index in [1.807, 2.05) is 11.7 Å². The second-order valence-electron chi connectivity index (χ2n) is 4.07. The predicted molar refractivity (Wildman–Crippen MR) is 70.5 cm³/mol. The van der Waals surface area contributed by atoms with Gasteiger partial charge in [0.15, 0.2) is 11.6 Å². The molecule has 92 valence electrons. The molecule has 1 unspecified atom stereocenters. The van der Waals surface area contributed by atoms with E-state index < -0.39 is 0 Å². The predicted octanol–water partition coefficient (Wildman–Crippen LogP) is 2.65. The van der Waals surface area contributed by atoms with E-state index in [2.05, 4.69) is 38.4 Å². The molecule has 3 rings (SSSR count). The Morgan fingerprint density at radius 3 is 2.83 bits per heavy atom. The van der Waals surface area contributed by atoms with Gasteiger partial charge in [-0.05, 0) is 13.8 Å². The lowest BCUT2D eigenvalue weighted by Gasteiger charge is -2.14. The number of nitrogens with one attached hydrogen (secondary N) is 1. The smallest absolute Gasteiger partial charge is 0.176 e. The number of aromatic nitrogens is 5. The van der Waals surface area contributed by atoms with E-state index >= 15 is 0 Å². The molecule has 0 fully saturated rings. The molecule has 1 N–H and O–H groups in total. The largest absolute Gasteiger partial charge is 0.342 e. The second-order valence-corrected chi connectivity index (χ2v) is 5.12. The average Bonchev–Trinajstić information content (AvgIpc) is 3.09. The van der Waals surface area contributed by atoms with E-state index in [1.54, 1.807) is 29.9 Å². The molecule has 6 heteroatoms. The van der Waals surface area contributed by atoms with Crippen molar-refractivity contribution in [3.8, 4) is 11.6 Å². The lowest BCUT2D eigenvalue weighted by molar-refractivity contribution is 0.625. The first-order valence-corrected chi connectivity index (χ1v) is 6.58. The van der Waals surface area contributed by atoms with Gasteiger partial charge < -0.3 is 9.55 Å². The van der Waals surface area contributed by atoms with Crippen LogP contribution < -0.4 is 0 Å². The van der Waals surface area contributed by atoms with Gasteiger partial charge in [0, 0.05) is 29.7 Å². The molecule has 0 aromatic carbocycles. The fourth-order valence-electron chi connectivity index (χ4n) is 2.04. The summed E-state index contributed by atoms with van der Waals surface area (Å²) >= 11 is 1.67. The van der Waals surface area contributed by atoms with Crippen molar-refractivity contribution in [1.29, 1.82) is 0 Å². The monoisotopic (exact) mass is 259 g/mol. The molecule has 0 bridgehead atoms. The molecule has 0 aliphatic heterocycles. The van der Waals surface area contributed by atoms with Crippen LogP contribution >= 0.6 is 11.3 Å². The highest BCUT2D eigenvalue weighted by atomic mass is 32.1. The molecule has 0 amide bonds. The Balaban J connectivity index is 2.04. The summed E-state index contributed by atoms with van der Waals surface area (Å²) in [4.78, 5) is 17.4. The molecule has 0 spiro atoms. The Morgan fingerprint density at radius 2 is 2.17 bits per heavy atom. The molecule has 0 aliphatic rings. The lowest BCUT2D eigenvalue weighted by Crippen LogP contribution is -2.09. The molecule has 0 aliphatic carbocycles. The Morgan fingerprint density at radius 1 is 1.28 bits per heavy atom. The molecule has 5 nitrogen and oxygen atoms in total. The number of aromatic amines is 1. The number of hydrogen-bond donors (Lipinski definition) is 1. The summed E-state index contributed by atoms with van der Waals surface area (Å²) in [5.41, 5.74) is 2.97. The zero-order chi connectivity index (χ0) is 12.5. The van der Waals surface area contributed by atoms with Crippen molar-refractivity contribution in [2.75, 3.05) is 0 Å². The number of H-pyrrole nitrogens is 1. The number of aryl methyl sites for hydroxylation is 1. The van der Waals surface area contributed by atoms with Crippen LogP contribution in [-0.4, -0.2) is 24.5 Å².